The number of rotatable bonds is 4. The molecule has 3 nitrogen and oxygen atoms in total. The zero-order valence-corrected chi connectivity index (χ0v) is 38.0. The van der Waals surface area contributed by atoms with Crippen molar-refractivity contribution in [1.82, 2.24) is 0 Å². The standard InChI is InChI=1S/C57H59BN2O/c1-36-33-46-49-47(34-36)60(50-42(37-19-14-12-15-20-37)23-18-24-43(50)38-21-16-13-17-22-38)45-30-27-40(55(5,6)7)35-44(45)58(49)53-51(48-52(61-53)57(10,11)32-31-56(48,8)9)59(46)41-28-25-39(26-29-41)54(2,3)4/h12-30,33-35H,31-32H2,1-11H3. The van der Waals surface area contributed by atoms with E-state index in [9.17, 15) is 0 Å². The van der Waals surface area contributed by atoms with Crippen molar-refractivity contribution >= 4 is 57.4 Å². The molecule has 3 heterocycles. The minimum Gasteiger partial charge on any atom is -0.472 e. The first kappa shape index (κ1) is 39.4. The van der Waals surface area contributed by atoms with E-state index < -0.39 is 0 Å². The van der Waals surface area contributed by atoms with E-state index in [0.717, 1.165) is 24.3 Å². The fourth-order valence-corrected chi connectivity index (χ4v) is 10.5. The monoisotopic (exact) mass is 798 g/mol. The molecule has 0 radical (unpaired) electrons. The van der Waals surface area contributed by atoms with Gasteiger partial charge in [0.25, 0.3) is 6.71 Å². The molecule has 0 bridgehead atoms. The van der Waals surface area contributed by atoms with Crippen LogP contribution in [0.3, 0.4) is 0 Å². The molecule has 0 saturated heterocycles. The fourth-order valence-electron chi connectivity index (χ4n) is 10.5. The van der Waals surface area contributed by atoms with Gasteiger partial charge < -0.3 is 14.2 Å². The summed E-state index contributed by atoms with van der Waals surface area (Å²) in [5, 5.41) is 0. The number of nitrogens with zero attached hydrogens (tertiary/aromatic N) is 2. The molecule has 0 atom stereocenters. The zero-order valence-electron chi connectivity index (χ0n) is 38.0. The molecule has 2 aliphatic heterocycles. The summed E-state index contributed by atoms with van der Waals surface area (Å²) in [5.41, 5.74) is 20.7. The topological polar surface area (TPSA) is 19.6 Å². The second-order valence-electron chi connectivity index (χ2n) is 21.4. The van der Waals surface area contributed by atoms with E-state index in [1.165, 1.54) is 89.6 Å². The van der Waals surface area contributed by atoms with Gasteiger partial charge in [-0.1, -0.05) is 172 Å². The van der Waals surface area contributed by atoms with Crippen LogP contribution in [0.25, 0.3) is 22.3 Å². The highest BCUT2D eigenvalue weighted by molar-refractivity contribution is 6.99. The Bertz CT molecular complexity index is 2780. The average molecular weight is 799 g/mol. The van der Waals surface area contributed by atoms with Crippen LogP contribution in [0.15, 0.2) is 138 Å². The van der Waals surface area contributed by atoms with Crippen LogP contribution in [0, 0.1) is 6.92 Å². The predicted molar refractivity (Wildman–Crippen MR) is 261 cm³/mol. The van der Waals surface area contributed by atoms with Crippen molar-refractivity contribution in [2.45, 2.75) is 111 Å². The van der Waals surface area contributed by atoms with Crippen LogP contribution in [-0.4, -0.2) is 6.71 Å². The maximum Gasteiger partial charge on any atom is 0.297 e. The molecular weight excluding hydrogens is 739 g/mol. The largest absolute Gasteiger partial charge is 0.472 e. The third-order valence-corrected chi connectivity index (χ3v) is 14.0. The normalized spacial score (nSPS) is 16.1. The molecule has 0 fully saturated rings. The molecule has 3 aliphatic rings. The third-order valence-electron chi connectivity index (χ3n) is 14.0. The Labute approximate surface area is 364 Å². The van der Waals surface area contributed by atoms with Gasteiger partial charge in [0.15, 0.2) is 0 Å². The van der Waals surface area contributed by atoms with E-state index in [4.69, 9.17) is 4.42 Å². The van der Waals surface area contributed by atoms with Gasteiger partial charge in [-0.3, -0.25) is 0 Å². The predicted octanol–water partition coefficient (Wildman–Crippen LogP) is 13.9. The van der Waals surface area contributed by atoms with Gasteiger partial charge in [-0.15, -0.1) is 0 Å². The molecule has 306 valence electrons. The Morgan fingerprint density at radius 2 is 1.08 bits per heavy atom. The molecule has 0 amide bonds. The third kappa shape index (κ3) is 6.23. The summed E-state index contributed by atoms with van der Waals surface area (Å²) in [6.45, 7) is 25.7. The lowest BCUT2D eigenvalue weighted by molar-refractivity contribution is 0.282. The van der Waals surface area contributed by atoms with Crippen LogP contribution in [0.1, 0.15) is 110 Å². The summed E-state index contributed by atoms with van der Waals surface area (Å²) in [6, 6.07) is 50.3. The van der Waals surface area contributed by atoms with Crippen molar-refractivity contribution in [3.8, 4) is 22.3 Å². The summed E-state index contributed by atoms with van der Waals surface area (Å²) >= 11 is 0. The van der Waals surface area contributed by atoms with E-state index in [0.29, 0.717) is 0 Å². The average Bonchev–Trinajstić information content (AvgIpc) is 3.65. The summed E-state index contributed by atoms with van der Waals surface area (Å²) in [5.74, 6) is 1.15. The van der Waals surface area contributed by atoms with Crippen LogP contribution >= 0.6 is 0 Å². The molecule has 4 heteroatoms. The molecule has 7 aromatic rings. The number of para-hydroxylation sites is 1. The van der Waals surface area contributed by atoms with Crippen molar-refractivity contribution < 1.29 is 4.42 Å². The van der Waals surface area contributed by atoms with Gasteiger partial charge in [-0.25, -0.2) is 0 Å². The molecule has 0 spiro atoms. The highest BCUT2D eigenvalue weighted by Crippen LogP contribution is 2.56. The fraction of sp³-hybridized carbons (Fsp3) is 0.298. The quantitative estimate of drug-likeness (QED) is 0.165. The molecule has 61 heavy (non-hydrogen) atoms. The molecule has 1 aromatic heterocycles. The summed E-state index contributed by atoms with van der Waals surface area (Å²) < 4.78 is 7.64. The maximum absolute atomic E-state index is 7.64. The van der Waals surface area contributed by atoms with Gasteiger partial charge in [0.1, 0.15) is 5.76 Å². The van der Waals surface area contributed by atoms with Crippen LogP contribution < -0.4 is 26.4 Å². The first-order chi connectivity index (χ1) is 28.9. The summed E-state index contributed by atoms with van der Waals surface area (Å²) in [6.07, 6.45) is 2.18. The van der Waals surface area contributed by atoms with Crippen molar-refractivity contribution in [1.29, 1.82) is 0 Å². The molecular formula is C57H59BN2O. The smallest absolute Gasteiger partial charge is 0.297 e. The Morgan fingerprint density at radius 1 is 0.541 bits per heavy atom. The molecule has 1 aliphatic carbocycles. The minimum atomic E-state index is -0.111. The number of fused-ring (bicyclic) bond motifs is 6. The Balaban J connectivity index is 1.36. The summed E-state index contributed by atoms with van der Waals surface area (Å²) in [7, 11) is 0. The number of hydrogen-bond acceptors (Lipinski definition) is 3. The Hall–Kier alpha value is -5.74. The highest BCUT2D eigenvalue weighted by atomic mass is 16.3. The van der Waals surface area contributed by atoms with E-state index in [1.54, 1.807) is 0 Å². The second-order valence-corrected chi connectivity index (χ2v) is 21.4. The van der Waals surface area contributed by atoms with Gasteiger partial charge in [0.05, 0.1) is 17.0 Å². The van der Waals surface area contributed by atoms with Crippen LogP contribution in [-0.2, 0) is 21.7 Å². The SMILES string of the molecule is Cc1cc2c3c(c1)N(c1c(-c4ccccc4)cccc1-c1ccccc1)c1ccc(C(C)(C)C)cc1B3c1oc3c(c1N2c1ccc(C(C)(C)C)cc1)C(C)(C)CCC3(C)C. The number of hydrogen-bond donors (Lipinski definition) is 0. The maximum atomic E-state index is 7.64. The number of benzene rings is 6. The van der Waals surface area contributed by atoms with Gasteiger partial charge in [-0.2, -0.15) is 0 Å². The lowest BCUT2D eigenvalue weighted by Crippen LogP contribution is -2.61. The van der Waals surface area contributed by atoms with Crippen molar-refractivity contribution in [3.05, 3.63) is 161 Å². The lowest BCUT2D eigenvalue weighted by Gasteiger charge is -2.45. The van der Waals surface area contributed by atoms with Crippen LogP contribution in [0.2, 0.25) is 0 Å². The molecule has 0 saturated carbocycles. The molecule has 10 rings (SSSR count). The Morgan fingerprint density at radius 3 is 1.66 bits per heavy atom. The van der Waals surface area contributed by atoms with Crippen molar-refractivity contribution in [2.24, 2.45) is 0 Å². The van der Waals surface area contributed by atoms with E-state index in [1.807, 2.05) is 0 Å². The van der Waals surface area contributed by atoms with Gasteiger partial charge in [-0.05, 0) is 105 Å². The molecule has 6 aromatic carbocycles. The highest BCUT2D eigenvalue weighted by Gasteiger charge is 2.52. The first-order valence-electron chi connectivity index (χ1n) is 22.4. The van der Waals surface area contributed by atoms with E-state index >= 15 is 0 Å². The van der Waals surface area contributed by atoms with Gasteiger partial charge in [0, 0.05) is 44.9 Å². The van der Waals surface area contributed by atoms with Crippen molar-refractivity contribution in [2.75, 3.05) is 9.80 Å². The second kappa shape index (κ2) is 13.6. The van der Waals surface area contributed by atoms with Gasteiger partial charge in [0.2, 0.25) is 0 Å². The number of furan rings is 1. The number of aryl methyl sites for hydroxylation is 1. The molecule has 0 N–H and O–H groups in total. The van der Waals surface area contributed by atoms with Crippen LogP contribution in [0.5, 0.6) is 0 Å². The van der Waals surface area contributed by atoms with Crippen molar-refractivity contribution in [3.63, 3.8) is 0 Å². The van der Waals surface area contributed by atoms with Crippen LogP contribution in [0.4, 0.5) is 34.1 Å². The van der Waals surface area contributed by atoms with Gasteiger partial charge >= 0.3 is 0 Å². The summed E-state index contributed by atoms with van der Waals surface area (Å²) in [4.78, 5) is 5.20. The minimum absolute atomic E-state index is 0.0393. The first-order valence-corrected chi connectivity index (χ1v) is 22.4. The lowest BCUT2D eigenvalue weighted by atomic mass is 9.35. The Kier molecular flexibility index (Phi) is 8.81. The number of anilines is 6. The zero-order chi connectivity index (χ0) is 42.8. The molecule has 0 unspecified atom stereocenters. The van der Waals surface area contributed by atoms with E-state index in [-0.39, 0.29) is 28.4 Å². The van der Waals surface area contributed by atoms with E-state index in [2.05, 4.69) is 219 Å².